The molecule has 9 heteroatoms. The lowest BCUT2D eigenvalue weighted by Gasteiger charge is -2.35. The predicted octanol–water partition coefficient (Wildman–Crippen LogP) is 1.58. The summed E-state index contributed by atoms with van der Waals surface area (Å²) < 4.78 is 26.1. The van der Waals surface area contributed by atoms with E-state index in [1.807, 2.05) is 24.3 Å². The molecule has 2 aliphatic heterocycles. The van der Waals surface area contributed by atoms with Crippen LogP contribution in [-0.2, 0) is 22.9 Å². The molecule has 0 aliphatic carbocycles. The summed E-state index contributed by atoms with van der Waals surface area (Å²) in [5, 5.41) is 0. The fourth-order valence-corrected chi connectivity index (χ4v) is 6.34. The van der Waals surface area contributed by atoms with Gasteiger partial charge in [-0.2, -0.15) is 0 Å². The van der Waals surface area contributed by atoms with Gasteiger partial charge in [-0.25, -0.2) is 23.4 Å². The van der Waals surface area contributed by atoms with E-state index in [0.29, 0.717) is 12.2 Å². The van der Waals surface area contributed by atoms with Crippen molar-refractivity contribution in [3.8, 4) is 0 Å². The molecule has 0 saturated carbocycles. The Morgan fingerprint density at radius 1 is 1.00 bits per heavy atom. The van der Waals surface area contributed by atoms with E-state index in [-0.39, 0.29) is 11.7 Å². The third kappa shape index (κ3) is 4.04. The lowest BCUT2D eigenvalue weighted by molar-refractivity contribution is 0.205. The van der Waals surface area contributed by atoms with Crippen molar-refractivity contribution in [1.29, 1.82) is 0 Å². The van der Waals surface area contributed by atoms with Crippen molar-refractivity contribution in [2.45, 2.75) is 19.5 Å². The van der Waals surface area contributed by atoms with E-state index in [9.17, 15) is 8.42 Å². The van der Waals surface area contributed by atoms with Crippen molar-refractivity contribution >= 4 is 26.8 Å². The van der Waals surface area contributed by atoms with E-state index in [2.05, 4.69) is 30.4 Å². The normalized spacial score (nSPS) is 22.0. The summed E-state index contributed by atoms with van der Waals surface area (Å²) in [4.78, 5) is 18.2. The maximum Gasteiger partial charge on any atom is 0.225 e. The van der Waals surface area contributed by atoms with E-state index < -0.39 is 9.84 Å². The zero-order chi connectivity index (χ0) is 20.6. The Bertz CT molecular complexity index is 1120. The number of hydrogen-bond donors (Lipinski definition) is 0. The molecule has 4 heterocycles. The van der Waals surface area contributed by atoms with Gasteiger partial charge in [-0.1, -0.05) is 12.1 Å². The number of piperazine rings is 1. The van der Waals surface area contributed by atoms with E-state index >= 15 is 0 Å². The number of para-hydroxylation sites is 2. The summed E-state index contributed by atoms with van der Waals surface area (Å²) in [7, 11) is -2.88. The fourth-order valence-electron chi connectivity index (χ4n) is 4.47. The van der Waals surface area contributed by atoms with Crippen molar-refractivity contribution in [3.63, 3.8) is 0 Å². The van der Waals surface area contributed by atoms with Crippen LogP contribution < -0.4 is 4.90 Å². The van der Waals surface area contributed by atoms with Gasteiger partial charge in [0.1, 0.15) is 5.82 Å². The first-order chi connectivity index (χ1) is 14.6. The summed E-state index contributed by atoms with van der Waals surface area (Å²) >= 11 is 0. The highest BCUT2D eigenvalue weighted by Gasteiger charge is 2.30. The molecule has 0 bridgehead atoms. The number of rotatable bonds is 5. The SMILES string of the molecule is O=S1(=O)CC[C@@H](Cc2nc3ccccc3n2CN2CCN(c3ncccn3)CC2)C1. The molecule has 0 amide bonds. The molecule has 2 fully saturated rings. The highest BCUT2D eigenvalue weighted by atomic mass is 32.2. The van der Waals surface area contributed by atoms with Gasteiger partial charge in [-0.3, -0.25) is 4.90 Å². The Labute approximate surface area is 176 Å². The lowest BCUT2D eigenvalue weighted by atomic mass is 10.1. The second-order valence-corrected chi connectivity index (χ2v) is 10.4. The molecule has 2 aliphatic rings. The van der Waals surface area contributed by atoms with Crippen LogP contribution in [0.2, 0.25) is 0 Å². The molecule has 1 atom stereocenters. The Morgan fingerprint density at radius 3 is 2.50 bits per heavy atom. The third-order valence-electron chi connectivity index (χ3n) is 6.08. The number of anilines is 1. The van der Waals surface area contributed by atoms with Crippen LogP contribution >= 0.6 is 0 Å². The molecule has 0 radical (unpaired) electrons. The molecule has 3 aromatic rings. The number of imidazole rings is 1. The van der Waals surface area contributed by atoms with Crippen LogP contribution in [0.5, 0.6) is 0 Å². The molecule has 30 heavy (non-hydrogen) atoms. The fraction of sp³-hybridized carbons (Fsp3) is 0.476. The molecule has 8 nitrogen and oxygen atoms in total. The van der Waals surface area contributed by atoms with Gasteiger partial charge in [0.05, 0.1) is 29.2 Å². The van der Waals surface area contributed by atoms with Gasteiger partial charge in [-0.05, 0) is 30.5 Å². The van der Waals surface area contributed by atoms with Crippen LogP contribution in [0.4, 0.5) is 5.95 Å². The average Bonchev–Trinajstić information content (AvgIpc) is 3.28. The number of hydrogen-bond acceptors (Lipinski definition) is 7. The molecule has 0 unspecified atom stereocenters. The molecule has 5 rings (SSSR count). The summed E-state index contributed by atoms with van der Waals surface area (Å²) in [5.41, 5.74) is 2.09. The van der Waals surface area contributed by atoms with Gasteiger partial charge < -0.3 is 9.47 Å². The zero-order valence-electron chi connectivity index (χ0n) is 16.9. The van der Waals surface area contributed by atoms with Gasteiger partial charge in [0.15, 0.2) is 9.84 Å². The van der Waals surface area contributed by atoms with Crippen molar-refractivity contribution in [3.05, 3.63) is 48.5 Å². The molecule has 0 N–H and O–H groups in total. The highest BCUT2D eigenvalue weighted by Crippen LogP contribution is 2.25. The molecule has 0 spiro atoms. The number of benzene rings is 1. The number of fused-ring (bicyclic) bond motifs is 1. The molecular formula is C21H26N6O2S. The first kappa shape index (κ1) is 19.4. The molecule has 1 aromatic carbocycles. The van der Waals surface area contributed by atoms with Crippen molar-refractivity contribution in [2.75, 3.05) is 42.6 Å². The Kier molecular flexibility index (Phi) is 5.16. The smallest absolute Gasteiger partial charge is 0.225 e. The van der Waals surface area contributed by atoms with Crippen LogP contribution in [0.25, 0.3) is 11.0 Å². The minimum absolute atomic E-state index is 0.164. The molecule has 158 valence electrons. The largest absolute Gasteiger partial charge is 0.338 e. The quantitative estimate of drug-likeness (QED) is 0.612. The van der Waals surface area contributed by atoms with E-state index in [0.717, 1.165) is 62.1 Å². The number of aromatic nitrogens is 4. The van der Waals surface area contributed by atoms with Crippen LogP contribution in [0.15, 0.2) is 42.7 Å². The maximum atomic E-state index is 11.9. The first-order valence-corrected chi connectivity index (χ1v) is 12.3. The van der Waals surface area contributed by atoms with Gasteiger partial charge >= 0.3 is 0 Å². The standard InChI is InChI=1S/C21H26N6O2S/c28-30(29)13-6-17(15-30)14-20-24-18-4-1-2-5-19(18)27(20)16-25-9-11-26(12-10-25)21-22-7-3-8-23-21/h1-5,7-8,17H,6,9-16H2/t17-/m0/s1. The van der Waals surface area contributed by atoms with Crippen molar-refractivity contribution in [2.24, 2.45) is 5.92 Å². The van der Waals surface area contributed by atoms with Gasteiger partial charge in [0.25, 0.3) is 0 Å². The van der Waals surface area contributed by atoms with Gasteiger partial charge in [0, 0.05) is 45.0 Å². The second-order valence-electron chi connectivity index (χ2n) is 8.21. The van der Waals surface area contributed by atoms with E-state index in [4.69, 9.17) is 4.98 Å². The van der Waals surface area contributed by atoms with Gasteiger partial charge in [-0.15, -0.1) is 0 Å². The highest BCUT2D eigenvalue weighted by molar-refractivity contribution is 7.91. The Morgan fingerprint density at radius 2 is 1.77 bits per heavy atom. The van der Waals surface area contributed by atoms with Crippen LogP contribution in [-0.4, -0.2) is 70.5 Å². The minimum Gasteiger partial charge on any atom is -0.338 e. The number of nitrogens with zero attached hydrogens (tertiary/aromatic N) is 6. The Balaban J connectivity index is 1.33. The van der Waals surface area contributed by atoms with E-state index in [1.54, 1.807) is 12.4 Å². The second kappa shape index (κ2) is 7.96. The maximum absolute atomic E-state index is 11.9. The topological polar surface area (TPSA) is 84.2 Å². The van der Waals surface area contributed by atoms with Crippen LogP contribution in [0.1, 0.15) is 12.2 Å². The van der Waals surface area contributed by atoms with Gasteiger partial charge in [0.2, 0.25) is 5.95 Å². The van der Waals surface area contributed by atoms with Crippen molar-refractivity contribution in [1.82, 2.24) is 24.4 Å². The molecular weight excluding hydrogens is 400 g/mol. The van der Waals surface area contributed by atoms with E-state index in [1.165, 1.54) is 0 Å². The summed E-state index contributed by atoms with van der Waals surface area (Å²) in [6.45, 7) is 4.36. The van der Waals surface area contributed by atoms with Crippen LogP contribution in [0, 0.1) is 5.92 Å². The number of sulfone groups is 1. The summed E-state index contributed by atoms with van der Waals surface area (Å²) in [5.74, 6) is 2.53. The molecule has 2 saturated heterocycles. The predicted molar refractivity (Wildman–Crippen MR) is 116 cm³/mol. The molecule has 2 aromatic heterocycles. The summed E-state index contributed by atoms with van der Waals surface area (Å²) in [6.07, 6.45) is 5.01. The summed E-state index contributed by atoms with van der Waals surface area (Å²) in [6, 6.07) is 10.0. The van der Waals surface area contributed by atoms with Crippen molar-refractivity contribution < 1.29 is 8.42 Å². The third-order valence-corrected chi connectivity index (χ3v) is 7.92. The lowest BCUT2D eigenvalue weighted by Crippen LogP contribution is -2.47. The monoisotopic (exact) mass is 426 g/mol. The average molecular weight is 427 g/mol. The Hall–Kier alpha value is -2.52. The van der Waals surface area contributed by atoms with Crippen LogP contribution in [0.3, 0.4) is 0 Å². The first-order valence-electron chi connectivity index (χ1n) is 10.5. The zero-order valence-corrected chi connectivity index (χ0v) is 17.7. The minimum atomic E-state index is -2.88.